The smallest absolute Gasteiger partial charge is 0.335 e. The summed E-state index contributed by atoms with van der Waals surface area (Å²) in [7, 11) is -3.97. The fraction of sp³-hybridized carbons (Fsp3) is 0.200. The van der Waals surface area contributed by atoms with Crippen molar-refractivity contribution in [3.05, 3.63) is 132 Å². The van der Waals surface area contributed by atoms with Gasteiger partial charge >= 0.3 is 5.97 Å². The molecule has 4 aromatic carbocycles. The molecule has 9 nitrogen and oxygen atoms in total. The van der Waals surface area contributed by atoms with E-state index in [1.807, 2.05) is 42.5 Å². The molecule has 4 atom stereocenters. The maximum Gasteiger partial charge on any atom is 0.335 e. The largest absolute Gasteiger partial charge is 0.478 e. The Kier molecular flexibility index (Phi) is 9.39. The first-order valence-electron chi connectivity index (χ1n) is 14.6. The van der Waals surface area contributed by atoms with Crippen molar-refractivity contribution < 1.29 is 32.9 Å². The Morgan fingerprint density at radius 3 is 2.39 bits per heavy atom. The summed E-state index contributed by atoms with van der Waals surface area (Å²) in [6.45, 7) is 1.99. The molecule has 1 saturated heterocycles. The van der Waals surface area contributed by atoms with E-state index in [2.05, 4.69) is 16.6 Å². The van der Waals surface area contributed by atoms with E-state index in [0.29, 0.717) is 22.5 Å². The predicted octanol–water partition coefficient (Wildman–Crippen LogP) is 6.81. The minimum atomic E-state index is -3.97. The third kappa shape index (κ3) is 6.93. The molecular formula is C35H32N2O7S2. The van der Waals surface area contributed by atoms with Crippen molar-refractivity contribution in [3.8, 4) is 0 Å². The van der Waals surface area contributed by atoms with Crippen LogP contribution in [0.1, 0.15) is 46.4 Å². The number of nitrogens with zero attached hydrogens (tertiary/aromatic N) is 1. The Morgan fingerprint density at radius 2 is 1.65 bits per heavy atom. The van der Waals surface area contributed by atoms with Crippen LogP contribution >= 0.6 is 11.8 Å². The monoisotopic (exact) mass is 656 g/mol. The van der Waals surface area contributed by atoms with E-state index in [1.54, 1.807) is 72.6 Å². The molecule has 236 valence electrons. The van der Waals surface area contributed by atoms with Gasteiger partial charge in [0.15, 0.2) is 6.29 Å². The summed E-state index contributed by atoms with van der Waals surface area (Å²) >= 11 is 1.56. The molecule has 2 heterocycles. The second kappa shape index (κ2) is 13.6. The number of aliphatic hydroxyl groups is 1. The summed E-state index contributed by atoms with van der Waals surface area (Å²) in [6.07, 6.45) is 0.136. The summed E-state index contributed by atoms with van der Waals surface area (Å²) in [4.78, 5) is 16.6. The van der Waals surface area contributed by atoms with E-state index < -0.39 is 22.3 Å². The Labute approximate surface area is 271 Å². The van der Waals surface area contributed by atoms with E-state index in [4.69, 9.17) is 9.47 Å². The maximum atomic E-state index is 13.5. The maximum absolute atomic E-state index is 13.5. The zero-order chi connectivity index (χ0) is 32.3. The SMILES string of the molecule is CC1C(CSc2ccc(C(=O)O)cc2)OC(c2cccc(NS(=O)(=O)c3cccc4cccnc34)c2)OC1c1ccc(CO)cc1. The standard InChI is InChI=1S/C35H32N2O7S2/c1-22-30(21-45-29-16-14-26(15-17-29)34(39)40)43-35(44-33(22)25-12-10-23(20-38)11-13-25)27-6-2-8-28(19-27)37-46(41,42)31-9-3-5-24-7-4-18-36-32(24)31/h2-19,22,30,33,35,37-38H,20-21H2,1H3,(H,39,40). The van der Waals surface area contributed by atoms with Crippen molar-refractivity contribution in [2.75, 3.05) is 10.5 Å². The minimum Gasteiger partial charge on any atom is -0.478 e. The number of carbonyl (C=O) groups is 1. The van der Waals surface area contributed by atoms with Crippen LogP contribution in [0.5, 0.6) is 0 Å². The molecule has 46 heavy (non-hydrogen) atoms. The fourth-order valence-corrected chi connectivity index (χ4v) is 7.73. The van der Waals surface area contributed by atoms with Gasteiger partial charge in [0.05, 0.1) is 29.9 Å². The van der Waals surface area contributed by atoms with E-state index in [-0.39, 0.29) is 35.2 Å². The van der Waals surface area contributed by atoms with Crippen molar-refractivity contribution in [3.63, 3.8) is 0 Å². The number of thioether (sulfide) groups is 1. The number of fused-ring (bicyclic) bond motifs is 1. The number of rotatable bonds is 10. The highest BCUT2D eigenvalue weighted by atomic mass is 32.2. The molecule has 0 saturated carbocycles. The Hall–Kier alpha value is -4.26. The number of carboxylic acids is 1. The van der Waals surface area contributed by atoms with Crippen molar-refractivity contribution in [1.29, 1.82) is 0 Å². The molecule has 4 unspecified atom stereocenters. The molecule has 3 N–H and O–H groups in total. The van der Waals surface area contributed by atoms with Crippen LogP contribution in [0.15, 0.2) is 119 Å². The molecule has 0 bridgehead atoms. The van der Waals surface area contributed by atoms with Gasteiger partial charge in [-0.15, -0.1) is 11.8 Å². The summed E-state index contributed by atoms with van der Waals surface area (Å²) < 4.78 is 42.8. The number of carboxylic acid groups (broad SMARTS) is 1. The third-order valence-corrected chi connectivity index (χ3v) is 10.4. The van der Waals surface area contributed by atoms with Gasteiger partial charge in [0, 0.05) is 39.4 Å². The molecule has 1 fully saturated rings. The molecule has 1 aromatic heterocycles. The molecule has 0 spiro atoms. The van der Waals surface area contributed by atoms with Gasteiger partial charge in [-0.05, 0) is 59.7 Å². The lowest BCUT2D eigenvalue weighted by atomic mass is 9.91. The number of benzene rings is 4. The van der Waals surface area contributed by atoms with Gasteiger partial charge in [-0.2, -0.15) is 0 Å². The molecule has 1 aliphatic heterocycles. The minimum absolute atomic E-state index is 0.0649. The van der Waals surface area contributed by atoms with Gasteiger partial charge in [0.1, 0.15) is 4.90 Å². The number of anilines is 1. The molecule has 0 amide bonds. The first-order valence-corrected chi connectivity index (χ1v) is 17.1. The first kappa shape index (κ1) is 31.7. The number of nitrogens with one attached hydrogen (secondary N) is 1. The van der Waals surface area contributed by atoms with Gasteiger partial charge in [0.25, 0.3) is 10.0 Å². The molecule has 5 aromatic rings. The number of pyridine rings is 1. The number of aromatic nitrogens is 1. The third-order valence-electron chi connectivity index (χ3n) is 7.94. The lowest BCUT2D eigenvalue weighted by molar-refractivity contribution is -0.268. The molecular weight excluding hydrogens is 625 g/mol. The van der Waals surface area contributed by atoms with Crippen molar-refractivity contribution in [2.45, 2.75) is 41.8 Å². The molecule has 1 aliphatic rings. The first-order chi connectivity index (χ1) is 22.2. The van der Waals surface area contributed by atoms with Crippen molar-refractivity contribution in [2.24, 2.45) is 5.92 Å². The highest BCUT2D eigenvalue weighted by Crippen LogP contribution is 2.43. The number of para-hydroxylation sites is 1. The highest BCUT2D eigenvalue weighted by Gasteiger charge is 2.38. The summed E-state index contributed by atoms with van der Waals surface area (Å²) in [5.41, 5.74) is 3.32. The number of aromatic carboxylic acids is 1. The average molecular weight is 657 g/mol. The number of sulfonamides is 1. The normalized spacial score (nSPS) is 20.0. The number of aliphatic hydroxyl groups excluding tert-OH is 1. The fourth-order valence-electron chi connectivity index (χ4n) is 5.43. The van der Waals surface area contributed by atoms with Crippen LogP contribution in [0.3, 0.4) is 0 Å². The van der Waals surface area contributed by atoms with E-state index in [0.717, 1.165) is 21.4 Å². The number of hydrogen-bond donors (Lipinski definition) is 3. The van der Waals surface area contributed by atoms with Gasteiger partial charge in [-0.1, -0.05) is 61.5 Å². The zero-order valence-corrected chi connectivity index (χ0v) is 26.4. The number of ether oxygens (including phenoxy) is 2. The average Bonchev–Trinajstić information content (AvgIpc) is 3.07. The van der Waals surface area contributed by atoms with Gasteiger partial charge < -0.3 is 19.7 Å². The lowest BCUT2D eigenvalue weighted by Crippen LogP contribution is -2.38. The Morgan fingerprint density at radius 1 is 0.913 bits per heavy atom. The zero-order valence-electron chi connectivity index (χ0n) is 24.8. The Balaban J connectivity index is 1.27. The van der Waals surface area contributed by atoms with Crippen molar-refractivity contribution >= 4 is 44.3 Å². The second-order valence-corrected chi connectivity index (χ2v) is 13.8. The quantitative estimate of drug-likeness (QED) is 0.139. The van der Waals surface area contributed by atoms with Gasteiger partial charge in [-0.3, -0.25) is 9.71 Å². The van der Waals surface area contributed by atoms with Crippen LogP contribution in [0.2, 0.25) is 0 Å². The van der Waals surface area contributed by atoms with Crippen LogP contribution < -0.4 is 4.72 Å². The molecule has 0 radical (unpaired) electrons. The van der Waals surface area contributed by atoms with Crippen molar-refractivity contribution in [1.82, 2.24) is 4.98 Å². The van der Waals surface area contributed by atoms with E-state index in [1.165, 1.54) is 6.07 Å². The van der Waals surface area contributed by atoms with Crippen LogP contribution in [-0.2, 0) is 26.1 Å². The summed E-state index contributed by atoms with van der Waals surface area (Å²) in [6, 6.07) is 29.9. The topological polar surface area (TPSA) is 135 Å². The van der Waals surface area contributed by atoms with Gasteiger partial charge in [0.2, 0.25) is 0 Å². The van der Waals surface area contributed by atoms with Crippen LogP contribution in [0.25, 0.3) is 10.9 Å². The lowest BCUT2D eigenvalue weighted by Gasteiger charge is -2.41. The van der Waals surface area contributed by atoms with E-state index >= 15 is 0 Å². The van der Waals surface area contributed by atoms with E-state index in [9.17, 15) is 23.4 Å². The Bertz CT molecular complexity index is 1950. The van der Waals surface area contributed by atoms with Crippen LogP contribution in [0, 0.1) is 5.92 Å². The molecule has 6 rings (SSSR count). The summed E-state index contributed by atoms with van der Waals surface area (Å²) in [5.74, 6) is -0.476. The molecule has 11 heteroatoms. The predicted molar refractivity (Wildman–Crippen MR) is 176 cm³/mol. The van der Waals surface area contributed by atoms with Gasteiger partial charge in [-0.25, -0.2) is 13.2 Å². The highest BCUT2D eigenvalue weighted by molar-refractivity contribution is 7.99. The van der Waals surface area contributed by atoms with Crippen LogP contribution in [-0.4, -0.2) is 41.4 Å². The molecule has 0 aliphatic carbocycles. The van der Waals surface area contributed by atoms with Crippen LogP contribution in [0.4, 0.5) is 5.69 Å². The number of hydrogen-bond acceptors (Lipinski definition) is 8. The second-order valence-electron chi connectivity index (χ2n) is 11.0. The summed E-state index contributed by atoms with van der Waals surface area (Å²) in [5, 5.41) is 19.5.